The quantitative estimate of drug-likeness (QED) is 0.784. The van der Waals surface area contributed by atoms with Crippen LogP contribution in [0.1, 0.15) is 23.3 Å². The highest BCUT2D eigenvalue weighted by atomic mass is 16.1. The molecule has 1 aromatic heterocycles. The largest absolute Gasteiger partial charge is 0.357 e. The number of anilines is 1. The molecular weight excluding hydrogens is 190 g/mol. The second-order valence-electron chi connectivity index (χ2n) is 3.65. The first-order valence-electron chi connectivity index (χ1n) is 5.25. The maximum Gasteiger partial charge on any atom is 0.269 e. The van der Waals surface area contributed by atoms with Gasteiger partial charge in [0.2, 0.25) is 0 Å². The number of pyridine rings is 1. The molecule has 1 saturated heterocycles. The molecule has 4 nitrogen and oxygen atoms in total. The van der Waals surface area contributed by atoms with E-state index < -0.39 is 0 Å². The van der Waals surface area contributed by atoms with Gasteiger partial charge in [0, 0.05) is 20.1 Å². The summed E-state index contributed by atoms with van der Waals surface area (Å²) in [6.45, 7) is 2.09. The van der Waals surface area contributed by atoms with E-state index in [0.717, 1.165) is 18.9 Å². The van der Waals surface area contributed by atoms with Gasteiger partial charge in [0.15, 0.2) is 0 Å². The number of amides is 1. The van der Waals surface area contributed by atoms with Crippen molar-refractivity contribution in [1.29, 1.82) is 0 Å². The third-order valence-corrected chi connectivity index (χ3v) is 2.62. The van der Waals surface area contributed by atoms with Crippen molar-refractivity contribution in [2.45, 2.75) is 12.8 Å². The lowest BCUT2D eigenvalue weighted by atomic mass is 10.3. The van der Waals surface area contributed by atoms with Gasteiger partial charge >= 0.3 is 0 Å². The number of nitrogens with zero attached hydrogens (tertiary/aromatic N) is 2. The Kier molecular flexibility index (Phi) is 2.85. The van der Waals surface area contributed by atoms with Crippen molar-refractivity contribution in [3.8, 4) is 0 Å². The van der Waals surface area contributed by atoms with E-state index in [-0.39, 0.29) is 5.91 Å². The predicted molar refractivity (Wildman–Crippen MR) is 59.1 cm³/mol. The van der Waals surface area contributed by atoms with Crippen molar-refractivity contribution in [2.24, 2.45) is 0 Å². The van der Waals surface area contributed by atoms with Gasteiger partial charge in [-0.3, -0.25) is 4.79 Å². The lowest BCUT2D eigenvalue weighted by Gasteiger charge is -2.16. The van der Waals surface area contributed by atoms with Gasteiger partial charge in [-0.2, -0.15) is 0 Å². The minimum absolute atomic E-state index is 0.129. The summed E-state index contributed by atoms with van der Waals surface area (Å²) in [5, 5.41) is 2.58. The Morgan fingerprint density at radius 1 is 1.40 bits per heavy atom. The number of nitrogens with one attached hydrogen (secondary N) is 1. The normalized spacial score (nSPS) is 15.4. The topological polar surface area (TPSA) is 45.2 Å². The van der Waals surface area contributed by atoms with Crippen LogP contribution in [0.25, 0.3) is 0 Å². The van der Waals surface area contributed by atoms with E-state index >= 15 is 0 Å². The van der Waals surface area contributed by atoms with E-state index in [0.29, 0.717) is 5.69 Å². The number of hydrogen-bond acceptors (Lipinski definition) is 3. The van der Waals surface area contributed by atoms with Crippen LogP contribution in [-0.4, -0.2) is 31.0 Å². The second-order valence-corrected chi connectivity index (χ2v) is 3.65. The average molecular weight is 205 g/mol. The van der Waals surface area contributed by atoms with Crippen molar-refractivity contribution >= 4 is 11.7 Å². The molecule has 0 bridgehead atoms. The molecule has 1 N–H and O–H groups in total. The average Bonchev–Trinajstić information content (AvgIpc) is 2.82. The first-order chi connectivity index (χ1) is 7.31. The summed E-state index contributed by atoms with van der Waals surface area (Å²) in [6.07, 6.45) is 2.43. The highest BCUT2D eigenvalue weighted by Gasteiger charge is 2.14. The zero-order valence-electron chi connectivity index (χ0n) is 8.86. The first kappa shape index (κ1) is 9.96. The number of aromatic nitrogens is 1. The van der Waals surface area contributed by atoms with Crippen molar-refractivity contribution < 1.29 is 4.79 Å². The monoisotopic (exact) mass is 205 g/mol. The Balaban J connectivity index is 2.21. The molecule has 80 valence electrons. The van der Waals surface area contributed by atoms with Gasteiger partial charge in [0.25, 0.3) is 5.91 Å². The van der Waals surface area contributed by atoms with Gasteiger partial charge in [-0.15, -0.1) is 0 Å². The van der Waals surface area contributed by atoms with Crippen LogP contribution in [0, 0.1) is 0 Å². The number of rotatable bonds is 2. The Morgan fingerprint density at radius 3 is 2.80 bits per heavy atom. The summed E-state index contributed by atoms with van der Waals surface area (Å²) in [6, 6.07) is 5.57. The fourth-order valence-corrected chi connectivity index (χ4v) is 1.80. The molecule has 0 atom stereocenters. The zero-order chi connectivity index (χ0) is 10.7. The standard InChI is InChI=1S/C11H15N3O/c1-12-11(15)9-5-4-6-10(13-9)14-7-2-3-8-14/h4-6H,2-3,7-8H2,1H3,(H,12,15). The Hall–Kier alpha value is -1.58. The van der Waals surface area contributed by atoms with Crippen LogP contribution in [0.3, 0.4) is 0 Å². The Bertz CT molecular complexity index is 359. The summed E-state index contributed by atoms with van der Waals surface area (Å²) in [5.41, 5.74) is 0.488. The molecule has 0 radical (unpaired) electrons. The molecule has 0 unspecified atom stereocenters. The van der Waals surface area contributed by atoms with Crippen LogP contribution in [0.5, 0.6) is 0 Å². The first-order valence-corrected chi connectivity index (χ1v) is 5.25. The second kappa shape index (κ2) is 4.29. The Morgan fingerprint density at radius 2 is 2.13 bits per heavy atom. The van der Waals surface area contributed by atoms with Gasteiger partial charge in [0.1, 0.15) is 11.5 Å². The molecule has 1 amide bonds. The molecule has 0 saturated carbocycles. The van der Waals surface area contributed by atoms with E-state index in [2.05, 4.69) is 15.2 Å². The maximum atomic E-state index is 11.4. The summed E-state index contributed by atoms with van der Waals surface area (Å²) >= 11 is 0. The summed E-state index contributed by atoms with van der Waals surface area (Å²) in [7, 11) is 1.62. The van der Waals surface area contributed by atoms with Gasteiger partial charge in [-0.25, -0.2) is 4.98 Å². The molecule has 0 aromatic carbocycles. The molecule has 1 aromatic rings. The van der Waals surface area contributed by atoms with Gasteiger partial charge in [-0.1, -0.05) is 6.07 Å². The van der Waals surface area contributed by atoms with Crippen molar-refractivity contribution in [3.05, 3.63) is 23.9 Å². The molecule has 2 rings (SSSR count). The van der Waals surface area contributed by atoms with Gasteiger partial charge in [-0.05, 0) is 25.0 Å². The fourth-order valence-electron chi connectivity index (χ4n) is 1.80. The van der Waals surface area contributed by atoms with Crippen LogP contribution in [-0.2, 0) is 0 Å². The molecule has 0 spiro atoms. The number of hydrogen-bond donors (Lipinski definition) is 1. The summed E-state index contributed by atoms with van der Waals surface area (Å²) in [4.78, 5) is 17.9. The van der Waals surface area contributed by atoms with Gasteiger partial charge < -0.3 is 10.2 Å². The number of carbonyl (C=O) groups is 1. The molecule has 4 heteroatoms. The lowest BCUT2D eigenvalue weighted by Crippen LogP contribution is -2.23. The van der Waals surface area contributed by atoms with E-state index in [4.69, 9.17) is 0 Å². The third-order valence-electron chi connectivity index (χ3n) is 2.62. The van der Waals surface area contributed by atoms with E-state index in [1.807, 2.05) is 12.1 Å². The fraction of sp³-hybridized carbons (Fsp3) is 0.455. The number of carbonyl (C=O) groups excluding carboxylic acids is 1. The SMILES string of the molecule is CNC(=O)c1cccc(N2CCCC2)n1. The molecular formula is C11H15N3O. The van der Waals surface area contributed by atoms with Crippen molar-refractivity contribution in [1.82, 2.24) is 10.3 Å². The smallest absolute Gasteiger partial charge is 0.269 e. The minimum Gasteiger partial charge on any atom is -0.357 e. The lowest BCUT2D eigenvalue weighted by molar-refractivity contribution is 0.0958. The Labute approximate surface area is 89.3 Å². The maximum absolute atomic E-state index is 11.4. The van der Waals surface area contributed by atoms with Crippen LogP contribution in [0.15, 0.2) is 18.2 Å². The predicted octanol–water partition coefficient (Wildman–Crippen LogP) is 1.04. The van der Waals surface area contributed by atoms with Crippen LogP contribution >= 0.6 is 0 Å². The van der Waals surface area contributed by atoms with Crippen molar-refractivity contribution in [2.75, 3.05) is 25.0 Å². The molecule has 1 aliphatic heterocycles. The van der Waals surface area contributed by atoms with Crippen LogP contribution in [0.2, 0.25) is 0 Å². The van der Waals surface area contributed by atoms with Crippen LogP contribution in [0.4, 0.5) is 5.82 Å². The van der Waals surface area contributed by atoms with Gasteiger partial charge in [0.05, 0.1) is 0 Å². The van der Waals surface area contributed by atoms with E-state index in [1.54, 1.807) is 13.1 Å². The summed E-state index contributed by atoms with van der Waals surface area (Å²) in [5.74, 6) is 0.782. The highest BCUT2D eigenvalue weighted by Crippen LogP contribution is 2.17. The van der Waals surface area contributed by atoms with E-state index in [9.17, 15) is 4.79 Å². The van der Waals surface area contributed by atoms with Crippen LogP contribution < -0.4 is 10.2 Å². The highest BCUT2D eigenvalue weighted by molar-refractivity contribution is 5.92. The van der Waals surface area contributed by atoms with Crippen molar-refractivity contribution in [3.63, 3.8) is 0 Å². The molecule has 1 fully saturated rings. The summed E-state index contributed by atoms with van der Waals surface area (Å²) < 4.78 is 0. The molecule has 1 aliphatic rings. The molecule has 15 heavy (non-hydrogen) atoms. The molecule has 2 heterocycles. The third kappa shape index (κ3) is 2.09. The van der Waals surface area contributed by atoms with E-state index in [1.165, 1.54) is 12.8 Å². The zero-order valence-corrected chi connectivity index (χ0v) is 8.86. The minimum atomic E-state index is -0.129. The molecule has 0 aliphatic carbocycles.